The molecule has 0 unspecified atom stereocenters. The van der Waals surface area contributed by atoms with E-state index in [-0.39, 0.29) is 5.91 Å². The summed E-state index contributed by atoms with van der Waals surface area (Å²) in [6.45, 7) is 1.93. The number of benzene rings is 1. The first-order valence-electron chi connectivity index (χ1n) is 5.83. The second-order valence-corrected chi connectivity index (χ2v) is 4.64. The minimum atomic E-state index is -0.195. The fourth-order valence-electron chi connectivity index (χ4n) is 1.60. The molecule has 1 aromatic heterocycles. The third-order valence-corrected chi connectivity index (χ3v) is 3.36. The molecule has 6 heteroatoms. The Morgan fingerprint density at radius 3 is 2.79 bits per heavy atom. The van der Waals surface area contributed by atoms with E-state index < -0.39 is 0 Å². The van der Waals surface area contributed by atoms with Crippen molar-refractivity contribution in [3.63, 3.8) is 0 Å². The second kappa shape index (κ2) is 6.07. The highest BCUT2D eigenvalue weighted by molar-refractivity contribution is 7.08. The number of amides is 1. The maximum Gasteiger partial charge on any atom is 0.269 e. The molecule has 2 rings (SSSR count). The van der Waals surface area contributed by atoms with Gasteiger partial charge in [0.05, 0.1) is 18.2 Å². The summed E-state index contributed by atoms with van der Waals surface area (Å²) in [5, 5.41) is 15.3. The molecule has 0 fully saturated rings. The predicted molar refractivity (Wildman–Crippen MR) is 73.0 cm³/mol. The number of carbonyl (C=O) groups is 1. The maximum absolute atomic E-state index is 12.0. The Morgan fingerprint density at radius 2 is 2.16 bits per heavy atom. The average molecular weight is 272 g/mol. The van der Waals surface area contributed by atoms with E-state index in [0.29, 0.717) is 29.1 Å². The van der Waals surface area contributed by atoms with Crippen LogP contribution in [0.5, 0.6) is 0 Å². The standard InChI is InChI=1S/C13H12N4OS/c1-2-11-12(19-17-16-11)13(18)15-10-5-3-9(4-6-10)7-8-14/h3-6H,2,7H2,1H3,(H,15,18). The first-order chi connectivity index (χ1) is 9.24. The first-order valence-corrected chi connectivity index (χ1v) is 6.60. The summed E-state index contributed by atoms with van der Waals surface area (Å²) in [6, 6.07) is 9.29. The maximum atomic E-state index is 12.0. The number of anilines is 1. The van der Waals surface area contributed by atoms with Gasteiger partial charge in [-0.3, -0.25) is 4.79 Å². The van der Waals surface area contributed by atoms with Crippen LogP contribution in [0.4, 0.5) is 5.69 Å². The molecule has 0 saturated heterocycles. The van der Waals surface area contributed by atoms with Crippen molar-refractivity contribution in [1.82, 2.24) is 9.59 Å². The number of aryl methyl sites for hydroxylation is 1. The number of nitriles is 1. The highest BCUT2D eigenvalue weighted by Crippen LogP contribution is 2.15. The number of hydrogen-bond acceptors (Lipinski definition) is 5. The summed E-state index contributed by atoms with van der Waals surface area (Å²) in [5.41, 5.74) is 2.33. The van der Waals surface area contributed by atoms with Crippen LogP contribution in [-0.4, -0.2) is 15.5 Å². The molecule has 0 aliphatic carbocycles. The lowest BCUT2D eigenvalue weighted by Gasteiger charge is -2.04. The van der Waals surface area contributed by atoms with Crippen LogP contribution < -0.4 is 5.32 Å². The predicted octanol–water partition coefficient (Wildman–Crippen LogP) is 2.42. The van der Waals surface area contributed by atoms with E-state index >= 15 is 0 Å². The molecule has 0 saturated carbocycles. The van der Waals surface area contributed by atoms with E-state index in [1.807, 2.05) is 19.1 Å². The molecule has 5 nitrogen and oxygen atoms in total. The third kappa shape index (κ3) is 3.14. The quantitative estimate of drug-likeness (QED) is 0.927. The van der Waals surface area contributed by atoms with Gasteiger partial charge in [0.25, 0.3) is 5.91 Å². The number of nitrogens with zero attached hydrogens (tertiary/aromatic N) is 3. The van der Waals surface area contributed by atoms with E-state index in [4.69, 9.17) is 5.26 Å². The van der Waals surface area contributed by atoms with Gasteiger partial charge >= 0.3 is 0 Å². The highest BCUT2D eigenvalue weighted by Gasteiger charge is 2.14. The van der Waals surface area contributed by atoms with Crippen molar-refractivity contribution in [3.05, 3.63) is 40.4 Å². The van der Waals surface area contributed by atoms with Gasteiger partial charge in [-0.2, -0.15) is 5.26 Å². The van der Waals surface area contributed by atoms with E-state index in [0.717, 1.165) is 17.1 Å². The van der Waals surface area contributed by atoms with Crippen molar-refractivity contribution in [1.29, 1.82) is 5.26 Å². The minimum Gasteiger partial charge on any atom is -0.321 e. The lowest BCUT2D eigenvalue weighted by molar-refractivity contribution is 0.102. The van der Waals surface area contributed by atoms with Gasteiger partial charge in [-0.25, -0.2) is 0 Å². The van der Waals surface area contributed by atoms with Gasteiger partial charge in [0.1, 0.15) is 4.88 Å². The van der Waals surface area contributed by atoms with Crippen LogP contribution >= 0.6 is 11.5 Å². The van der Waals surface area contributed by atoms with E-state index in [1.54, 1.807) is 12.1 Å². The van der Waals surface area contributed by atoms with Crippen molar-refractivity contribution < 1.29 is 4.79 Å². The zero-order valence-corrected chi connectivity index (χ0v) is 11.2. The highest BCUT2D eigenvalue weighted by atomic mass is 32.1. The van der Waals surface area contributed by atoms with Crippen molar-refractivity contribution >= 4 is 23.1 Å². The van der Waals surface area contributed by atoms with Crippen LogP contribution in [0.15, 0.2) is 24.3 Å². The van der Waals surface area contributed by atoms with Crippen molar-refractivity contribution in [2.45, 2.75) is 19.8 Å². The van der Waals surface area contributed by atoms with Gasteiger partial charge < -0.3 is 5.32 Å². The molecule has 0 aliphatic heterocycles. The minimum absolute atomic E-state index is 0.195. The van der Waals surface area contributed by atoms with Gasteiger partial charge in [0.15, 0.2) is 0 Å². The summed E-state index contributed by atoms with van der Waals surface area (Å²) in [6.07, 6.45) is 1.05. The second-order valence-electron chi connectivity index (χ2n) is 3.89. The summed E-state index contributed by atoms with van der Waals surface area (Å²) in [7, 11) is 0. The van der Waals surface area contributed by atoms with E-state index in [2.05, 4.69) is 21.0 Å². The average Bonchev–Trinajstić information content (AvgIpc) is 2.90. The summed E-state index contributed by atoms with van der Waals surface area (Å²) >= 11 is 1.10. The molecular formula is C13H12N4OS. The third-order valence-electron chi connectivity index (χ3n) is 2.59. The van der Waals surface area contributed by atoms with Crippen LogP contribution in [0.25, 0.3) is 0 Å². The van der Waals surface area contributed by atoms with Crippen LogP contribution in [-0.2, 0) is 12.8 Å². The number of aromatic nitrogens is 2. The Hall–Kier alpha value is -2.26. The van der Waals surface area contributed by atoms with Crippen LogP contribution in [0.2, 0.25) is 0 Å². The molecule has 96 valence electrons. The fraction of sp³-hybridized carbons (Fsp3) is 0.231. The van der Waals surface area contributed by atoms with Crippen LogP contribution in [0.1, 0.15) is 27.9 Å². The molecule has 0 spiro atoms. The number of rotatable bonds is 4. The number of nitrogens with one attached hydrogen (secondary N) is 1. The molecule has 1 aromatic carbocycles. The first kappa shape index (κ1) is 13.2. The molecule has 0 atom stereocenters. The Labute approximate surface area is 115 Å². The van der Waals surface area contributed by atoms with Gasteiger partial charge in [-0.15, -0.1) is 5.10 Å². The molecule has 1 heterocycles. The van der Waals surface area contributed by atoms with Gasteiger partial charge in [-0.05, 0) is 35.6 Å². The van der Waals surface area contributed by atoms with Crippen molar-refractivity contribution in [2.24, 2.45) is 0 Å². The summed E-state index contributed by atoms with van der Waals surface area (Å²) in [5.74, 6) is -0.195. The topological polar surface area (TPSA) is 78.7 Å². The molecule has 1 amide bonds. The Bertz CT molecular complexity index is 612. The molecule has 2 aromatic rings. The lowest BCUT2D eigenvalue weighted by atomic mass is 10.1. The van der Waals surface area contributed by atoms with E-state index in [9.17, 15) is 4.79 Å². The van der Waals surface area contributed by atoms with Gasteiger partial charge in [-0.1, -0.05) is 23.5 Å². The lowest BCUT2D eigenvalue weighted by Crippen LogP contribution is -2.12. The van der Waals surface area contributed by atoms with E-state index in [1.165, 1.54) is 0 Å². The van der Waals surface area contributed by atoms with Crippen molar-refractivity contribution in [3.8, 4) is 6.07 Å². The Balaban J connectivity index is 2.09. The van der Waals surface area contributed by atoms with Crippen molar-refractivity contribution in [2.75, 3.05) is 5.32 Å². The number of carbonyl (C=O) groups excluding carboxylic acids is 1. The molecule has 0 radical (unpaired) electrons. The Morgan fingerprint density at radius 1 is 1.42 bits per heavy atom. The van der Waals surface area contributed by atoms with Gasteiger partial charge in [0, 0.05) is 5.69 Å². The smallest absolute Gasteiger partial charge is 0.269 e. The summed E-state index contributed by atoms with van der Waals surface area (Å²) in [4.78, 5) is 12.6. The zero-order chi connectivity index (χ0) is 13.7. The van der Waals surface area contributed by atoms with Gasteiger partial charge in [0.2, 0.25) is 0 Å². The monoisotopic (exact) mass is 272 g/mol. The fourth-order valence-corrected chi connectivity index (χ4v) is 2.24. The summed E-state index contributed by atoms with van der Waals surface area (Å²) < 4.78 is 3.79. The molecule has 0 bridgehead atoms. The molecule has 1 N–H and O–H groups in total. The van der Waals surface area contributed by atoms with Crippen LogP contribution in [0.3, 0.4) is 0 Å². The largest absolute Gasteiger partial charge is 0.321 e. The molecule has 19 heavy (non-hydrogen) atoms. The Kier molecular flexibility index (Phi) is 4.21. The number of hydrogen-bond donors (Lipinski definition) is 1. The molecular weight excluding hydrogens is 260 g/mol. The molecule has 0 aliphatic rings. The zero-order valence-electron chi connectivity index (χ0n) is 10.4. The normalized spacial score (nSPS) is 9.89. The SMILES string of the molecule is CCc1nnsc1C(=O)Nc1ccc(CC#N)cc1. The van der Waals surface area contributed by atoms with Crippen LogP contribution in [0, 0.1) is 11.3 Å².